The van der Waals surface area contributed by atoms with Crippen molar-refractivity contribution in [1.82, 2.24) is 14.9 Å². The number of nitrogens with one attached hydrogen (secondary N) is 2. The first kappa shape index (κ1) is 20.5. The Morgan fingerprint density at radius 1 is 1.25 bits per heavy atom. The van der Waals surface area contributed by atoms with Crippen molar-refractivity contribution in [2.45, 2.75) is 13.0 Å². The van der Waals surface area contributed by atoms with E-state index in [1.807, 2.05) is 37.2 Å². The quantitative estimate of drug-likeness (QED) is 0.470. The molecule has 1 aliphatic heterocycles. The summed E-state index contributed by atoms with van der Waals surface area (Å²) in [6, 6.07) is 9.20. The third kappa shape index (κ3) is 3.80. The molecule has 1 amide bonds. The fraction of sp³-hybridized carbons (Fsp3) is 0.261. The molecular weight excluding hydrogens is 424 g/mol. The average molecular weight is 449 g/mol. The third-order valence-electron chi connectivity index (χ3n) is 5.56. The van der Waals surface area contributed by atoms with Crippen molar-refractivity contribution >= 4 is 50.3 Å². The number of furan rings is 1. The number of thiophene rings is 1. The molecule has 4 heterocycles. The van der Waals surface area contributed by atoms with Gasteiger partial charge in [0.05, 0.1) is 23.0 Å². The summed E-state index contributed by atoms with van der Waals surface area (Å²) in [5.74, 6) is 0.758. The van der Waals surface area contributed by atoms with Gasteiger partial charge in [-0.3, -0.25) is 4.79 Å². The molecule has 0 atom stereocenters. The van der Waals surface area contributed by atoms with Crippen LogP contribution in [-0.4, -0.2) is 48.5 Å². The lowest BCUT2D eigenvalue weighted by Crippen LogP contribution is -2.25. The molecule has 1 aliphatic rings. The molecule has 0 bridgehead atoms. The fourth-order valence-electron chi connectivity index (χ4n) is 3.98. The summed E-state index contributed by atoms with van der Waals surface area (Å²) >= 11 is 1.74. The van der Waals surface area contributed by atoms with Gasteiger partial charge in [-0.15, -0.1) is 11.3 Å². The number of fused-ring (bicyclic) bond motifs is 3. The van der Waals surface area contributed by atoms with Crippen molar-refractivity contribution in [3.05, 3.63) is 59.1 Å². The summed E-state index contributed by atoms with van der Waals surface area (Å²) in [6.45, 7) is 1.96. The Kier molecular flexibility index (Phi) is 5.28. The predicted molar refractivity (Wildman–Crippen MR) is 128 cm³/mol. The topological polar surface area (TPSA) is 86.5 Å². The number of likely N-dealkylation sites (N-methyl/N-ethyl adjacent to an activating group) is 1. The Bertz CT molecular complexity index is 1280. The Balaban J connectivity index is 1.49. The van der Waals surface area contributed by atoms with E-state index in [4.69, 9.17) is 4.42 Å². The fourth-order valence-corrected chi connectivity index (χ4v) is 5.25. The number of anilines is 4. The van der Waals surface area contributed by atoms with Gasteiger partial charge in [0.25, 0.3) is 5.91 Å². The van der Waals surface area contributed by atoms with E-state index in [9.17, 15) is 4.79 Å². The lowest BCUT2D eigenvalue weighted by atomic mass is 10.1. The van der Waals surface area contributed by atoms with E-state index in [0.29, 0.717) is 5.69 Å². The van der Waals surface area contributed by atoms with E-state index in [1.165, 1.54) is 16.7 Å². The van der Waals surface area contributed by atoms with Gasteiger partial charge in [0.15, 0.2) is 5.76 Å². The number of carbonyl (C=O) groups excluding carboxylic acids is 1. The molecule has 0 fully saturated rings. The Hall–Kier alpha value is -3.43. The van der Waals surface area contributed by atoms with Crippen LogP contribution >= 0.6 is 11.3 Å². The lowest BCUT2D eigenvalue weighted by molar-refractivity contribution is 0.0996. The van der Waals surface area contributed by atoms with Crippen molar-refractivity contribution in [2.75, 3.05) is 43.2 Å². The second-order valence-electron chi connectivity index (χ2n) is 8.08. The number of carbonyl (C=O) groups is 1. The van der Waals surface area contributed by atoms with Gasteiger partial charge in [-0.1, -0.05) is 0 Å². The van der Waals surface area contributed by atoms with Gasteiger partial charge in [-0.05, 0) is 49.4 Å². The monoisotopic (exact) mass is 448 g/mol. The van der Waals surface area contributed by atoms with E-state index >= 15 is 0 Å². The molecule has 1 aromatic carbocycles. The average Bonchev–Trinajstić information content (AvgIpc) is 3.42. The summed E-state index contributed by atoms with van der Waals surface area (Å²) in [5, 5.41) is 7.51. The maximum absolute atomic E-state index is 12.6. The third-order valence-corrected chi connectivity index (χ3v) is 6.69. The number of hydrogen-bond donors (Lipinski definition) is 2. The molecule has 0 radical (unpaired) electrons. The van der Waals surface area contributed by atoms with Gasteiger partial charge in [0.2, 0.25) is 0 Å². The van der Waals surface area contributed by atoms with Gasteiger partial charge in [-0.25, -0.2) is 9.97 Å². The van der Waals surface area contributed by atoms with Crippen LogP contribution in [0, 0.1) is 0 Å². The Morgan fingerprint density at radius 3 is 2.91 bits per heavy atom. The van der Waals surface area contributed by atoms with E-state index in [-0.39, 0.29) is 11.7 Å². The minimum Gasteiger partial charge on any atom is -0.459 e. The Labute approximate surface area is 189 Å². The van der Waals surface area contributed by atoms with Crippen molar-refractivity contribution in [3.8, 4) is 0 Å². The van der Waals surface area contributed by atoms with Gasteiger partial charge < -0.3 is 24.9 Å². The minimum atomic E-state index is -0.296. The molecule has 32 heavy (non-hydrogen) atoms. The summed E-state index contributed by atoms with van der Waals surface area (Å²) in [7, 11) is 6.02. The van der Waals surface area contributed by atoms with Gasteiger partial charge in [-0.2, -0.15) is 0 Å². The first-order chi connectivity index (χ1) is 15.5. The molecule has 3 aromatic heterocycles. The van der Waals surface area contributed by atoms with Crippen molar-refractivity contribution in [3.63, 3.8) is 0 Å². The molecule has 8 nitrogen and oxygen atoms in total. The first-order valence-electron chi connectivity index (χ1n) is 10.4. The normalized spacial score (nSPS) is 13.7. The van der Waals surface area contributed by atoms with Gasteiger partial charge >= 0.3 is 0 Å². The van der Waals surface area contributed by atoms with Crippen LogP contribution in [0.5, 0.6) is 0 Å². The second-order valence-corrected chi connectivity index (χ2v) is 9.16. The molecule has 0 saturated heterocycles. The zero-order valence-corrected chi connectivity index (χ0v) is 19.0. The predicted octanol–water partition coefficient (Wildman–Crippen LogP) is 4.33. The highest BCUT2D eigenvalue weighted by atomic mass is 32.1. The highest BCUT2D eigenvalue weighted by molar-refractivity contribution is 7.19. The summed E-state index contributed by atoms with van der Waals surface area (Å²) < 4.78 is 5.23. The first-order valence-corrected chi connectivity index (χ1v) is 11.2. The molecule has 2 N–H and O–H groups in total. The second kappa shape index (κ2) is 8.25. The van der Waals surface area contributed by atoms with E-state index in [0.717, 1.165) is 46.9 Å². The van der Waals surface area contributed by atoms with Gasteiger partial charge in [0, 0.05) is 37.7 Å². The minimum absolute atomic E-state index is 0.264. The number of aromatic nitrogens is 2. The van der Waals surface area contributed by atoms with Crippen LogP contribution in [0.15, 0.2) is 47.3 Å². The maximum Gasteiger partial charge on any atom is 0.291 e. The largest absolute Gasteiger partial charge is 0.459 e. The highest BCUT2D eigenvalue weighted by Gasteiger charge is 2.22. The number of nitrogens with zero attached hydrogens (tertiary/aromatic N) is 4. The van der Waals surface area contributed by atoms with Crippen LogP contribution in [0.3, 0.4) is 0 Å². The number of rotatable bonds is 5. The van der Waals surface area contributed by atoms with Crippen LogP contribution in [0.4, 0.5) is 22.9 Å². The SMILES string of the molecule is CN1CCc2c(sc3ncnc(Nc4ccc(N(C)C)c(NC(=O)c5ccco5)c4)c23)C1. The van der Waals surface area contributed by atoms with Gasteiger partial charge in [0.1, 0.15) is 17.0 Å². The molecule has 5 rings (SSSR count). The van der Waals surface area contributed by atoms with Crippen LogP contribution in [0.25, 0.3) is 10.2 Å². The van der Waals surface area contributed by atoms with Crippen LogP contribution in [-0.2, 0) is 13.0 Å². The summed E-state index contributed by atoms with van der Waals surface area (Å²) in [6.07, 6.45) is 4.07. The molecule has 4 aromatic rings. The Morgan fingerprint density at radius 2 is 2.12 bits per heavy atom. The standard InChI is InChI=1S/C23H24N6O2S/c1-28(2)17-7-6-14(11-16(17)27-22(30)18-5-4-10-31-18)26-21-20-15-8-9-29(3)12-19(15)32-23(20)25-13-24-21/h4-7,10-11,13H,8-9,12H2,1-3H3,(H,27,30)(H,24,25,26). The molecule has 0 saturated carbocycles. The molecule has 0 spiro atoms. The van der Waals surface area contributed by atoms with Crippen molar-refractivity contribution in [1.29, 1.82) is 0 Å². The summed E-state index contributed by atoms with van der Waals surface area (Å²) in [5.41, 5.74) is 3.74. The zero-order valence-electron chi connectivity index (χ0n) is 18.2. The molecule has 0 aliphatic carbocycles. The number of benzene rings is 1. The van der Waals surface area contributed by atoms with E-state index in [1.54, 1.807) is 29.8 Å². The number of hydrogen-bond acceptors (Lipinski definition) is 8. The summed E-state index contributed by atoms with van der Waals surface area (Å²) in [4.78, 5) is 28.3. The molecular formula is C23H24N6O2S. The van der Waals surface area contributed by atoms with Crippen molar-refractivity contribution in [2.24, 2.45) is 0 Å². The molecule has 164 valence electrons. The van der Waals surface area contributed by atoms with Crippen LogP contribution < -0.4 is 15.5 Å². The highest BCUT2D eigenvalue weighted by Crippen LogP contribution is 2.38. The van der Waals surface area contributed by atoms with Crippen molar-refractivity contribution < 1.29 is 9.21 Å². The molecule has 9 heteroatoms. The number of amides is 1. The zero-order chi connectivity index (χ0) is 22.2. The molecule has 0 unspecified atom stereocenters. The van der Waals surface area contributed by atoms with Crippen LogP contribution in [0.1, 0.15) is 21.0 Å². The van der Waals surface area contributed by atoms with E-state index < -0.39 is 0 Å². The van der Waals surface area contributed by atoms with Crippen LogP contribution in [0.2, 0.25) is 0 Å². The smallest absolute Gasteiger partial charge is 0.291 e. The maximum atomic E-state index is 12.6. The lowest BCUT2D eigenvalue weighted by Gasteiger charge is -2.22. The van der Waals surface area contributed by atoms with E-state index in [2.05, 4.69) is 32.5 Å².